The van der Waals surface area contributed by atoms with Crippen molar-refractivity contribution in [2.45, 2.75) is 26.2 Å². The summed E-state index contributed by atoms with van der Waals surface area (Å²) in [5.41, 5.74) is 2.50. The molecule has 1 aliphatic heterocycles. The van der Waals surface area contributed by atoms with Gasteiger partial charge in [0.2, 0.25) is 0 Å². The number of nitrogens with zero attached hydrogens (tertiary/aromatic N) is 1. The van der Waals surface area contributed by atoms with Crippen molar-refractivity contribution in [3.8, 4) is 0 Å². The van der Waals surface area contributed by atoms with E-state index in [0.29, 0.717) is 0 Å². The molecule has 1 saturated heterocycles. The van der Waals surface area contributed by atoms with Crippen molar-refractivity contribution >= 4 is 17.3 Å². The molecule has 1 heterocycles. The molecule has 0 amide bonds. The SMILES string of the molecule is CC(C)(C)c1ccc(N2CCOCC2)cc1Cl. The van der Waals surface area contributed by atoms with Gasteiger partial charge in [-0.3, -0.25) is 0 Å². The van der Waals surface area contributed by atoms with Gasteiger partial charge in [0.1, 0.15) is 0 Å². The summed E-state index contributed by atoms with van der Waals surface area (Å²) in [6, 6.07) is 6.39. The largest absolute Gasteiger partial charge is 0.378 e. The molecule has 0 spiro atoms. The van der Waals surface area contributed by atoms with Crippen LogP contribution >= 0.6 is 11.6 Å². The van der Waals surface area contributed by atoms with Crippen molar-refractivity contribution in [3.05, 3.63) is 28.8 Å². The molecule has 0 unspecified atom stereocenters. The number of hydrogen-bond donors (Lipinski definition) is 0. The lowest BCUT2D eigenvalue weighted by Gasteiger charge is -2.30. The van der Waals surface area contributed by atoms with Crippen LogP contribution in [-0.2, 0) is 10.2 Å². The van der Waals surface area contributed by atoms with Crippen molar-refractivity contribution in [1.29, 1.82) is 0 Å². The molecule has 3 heteroatoms. The molecule has 2 nitrogen and oxygen atoms in total. The number of ether oxygens (including phenoxy) is 1. The molecule has 17 heavy (non-hydrogen) atoms. The van der Waals surface area contributed by atoms with E-state index in [9.17, 15) is 0 Å². The monoisotopic (exact) mass is 253 g/mol. The number of rotatable bonds is 1. The third-order valence-electron chi connectivity index (χ3n) is 3.14. The van der Waals surface area contributed by atoms with Crippen LogP contribution < -0.4 is 4.90 Å². The molecule has 94 valence electrons. The molecule has 1 fully saturated rings. The maximum absolute atomic E-state index is 6.38. The quantitative estimate of drug-likeness (QED) is 0.760. The Kier molecular flexibility index (Phi) is 3.64. The van der Waals surface area contributed by atoms with Gasteiger partial charge in [0.15, 0.2) is 0 Å². The van der Waals surface area contributed by atoms with Crippen LogP contribution in [0.4, 0.5) is 5.69 Å². The average Bonchev–Trinajstić information content (AvgIpc) is 2.28. The first-order valence-electron chi connectivity index (χ1n) is 6.11. The van der Waals surface area contributed by atoms with Crippen LogP contribution in [0.15, 0.2) is 18.2 Å². The summed E-state index contributed by atoms with van der Waals surface area (Å²) < 4.78 is 5.35. The van der Waals surface area contributed by atoms with Crippen molar-refractivity contribution in [2.75, 3.05) is 31.2 Å². The van der Waals surface area contributed by atoms with Crippen molar-refractivity contribution in [2.24, 2.45) is 0 Å². The van der Waals surface area contributed by atoms with Gasteiger partial charge in [0, 0.05) is 23.8 Å². The minimum atomic E-state index is 0.0978. The van der Waals surface area contributed by atoms with E-state index in [0.717, 1.165) is 31.3 Å². The Balaban J connectivity index is 2.24. The van der Waals surface area contributed by atoms with Crippen molar-refractivity contribution in [3.63, 3.8) is 0 Å². The second kappa shape index (κ2) is 4.87. The summed E-state index contributed by atoms with van der Waals surface area (Å²) in [5, 5.41) is 0.862. The highest BCUT2D eigenvalue weighted by Gasteiger charge is 2.19. The summed E-state index contributed by atoms with van der Waals surface area (Å²) in [7, 11) is 0. The molecule has 0 radical (unpaired) electrons. The van der Waals surface area contributed by atoms with Gasteiger partial charge in [-0.25, -0.2) is 0 Å². The standard InChI is InChI=1S/C14H20ClNO/c1-14(2,3)12-5-4-11(10-13(12)15)16-6-8-17-9-7-16/h4-5,10H,6-9H2,1-3H3. The van der Waals surface area contributed by atoms with Gasteiger partial charge in [-0.05, 0) is 23.1 Å². The maximum Gasteiger partial charge on any atom is 0.0642 e. The summed E-state index contributed by atoms with van der Waals surface area (Å²) in [6.45, 7) is 10.1. The first-order chi connectivity index (χ1) is 7.98. The third-order valence-corrected chi connectivity index (χ3v) is 3.45. The van der Waals surface area contributed by atoms with E-state index in [2.05, 4.69) is 43.9 Å². The summed E-state index contributed by atoms with van der Waals surface area (Å²) in [6.07, 6.45) is 0. The Bertz CT molecular complexity index is 392. The highest BCUT2D eigenvalue weighted by molar-refractivity contribution is 6.31. The van der Waals surface area contributed by atoms with Gasteiger partial charge < -0.3 is 9.64 Å². The molecule has 0 N–H and O–H groups in total. The number of morpholine rings is 1. The molecule has 0 saturated carbocycles. The molecule has 1 aromatic rings. The lowest BCUT2D eigenvalue weighted by molar-refractivity contribution is 0.122. The number of hydrogen-bond acceptors (Lipinski definition) is 2. The molecule has 2 rings (SSSR count). The van der Waals surface area contributed by atoms with Crippen LogP contribution in [0.25, 0.3) is 0 Å². The minimum absolute atomic E-state index is 0.0978. The van der Waals surface area contributed by atoms with Crippen LogP contribution in [-0.4, -0.2) is 26.3 Å². The summed E-state index contributed by atoms with van der Waals surface area (Å²) >= 11 is 6.38. The zero-order valence-electron chi connectivity index (χ0n) is 10.8. The zero-order chi connectivity index (χ0) is 12.5. The van der Waals surface area contributed by atoms with Crippen molar-refractivity contribution in [1.82, 2.24) is 0 Å². The van der Waals surface area contributed by atoms with Gasteiger partial charge in [-0.15, -0.1) is 0 Å². The molecule has 1 aromatic carbocycles. The van der Waals surface area contributed by atoms with E-state index in [4.69, 9.17) is 16.3 Å². The van der Waals surface area contributed by atoms with E-state index in [1.807, 2.05) is 0 Å². The summed E-state index contributed by atoms with van der Waals surface area (Å²) in [5.74, 6) is 0. The molecule has 0 aromatic heterocycles. The fourth-order valence-electron chi connectivity index (χ4n) is 2.13. The Labute approximate surface area is 109 Å². The predicted octanol–water partition coefficient (Wildman–Crippen LogP) is 3.47. The third kappa shape index (κ3) is 2.93. The Morgan fingerprint density at radius 2 is 1.82 bits per heavy atom. The van der Waals surface area contributed by atoms with Gasteiger partial charge in [-0.1, -0.05) is 38.4 Å². The van der Waals surface area contributed by atoms with E-state index in [1.54, 1.807) is 0 Å². The van der Waals surface area contributed by atoms with Crippen LogP contribution in [0.2, 0.25) is 5.02 Å². The van der Waals surface area contributed by atoms with E-state index >= 15 is 0 Å². The second-order valence-corrected chi connectivity index (χ2v) is 5.92. The number of anilines is 1. The normalized spacial score (nSPS) is 17.3. The lowest BCUT2D eigenvalue weighted by Crippen LogP contribution is -2.36. The number of benzene rings is 1. The highest BCUT2D eigenvalue weighted by atomic mass is 35.5. The lowest BCUT2D eigenvalue weighted by atomic mass is 9.87. The van der Waals surface area contributed by atoms with Gasteiger partial charge in [0.05, 0.1) is 13.2 Å². The number of halogens is 1. The Morgan fingerprint density at radius 3 is 2.35 bits per heavy atom. The fraction of sp³-hybridized carbons (Fsp3) is 0.571. The Hall–Kier alpha value is -0.730. The molecule has 1 aliphatic rings. The second-order valence-electron chi connectivity index (χ2n) is 5.51. The van der Waals surface area contributed by atoms with Crippen LogP contribution in [0.5, 0.6) is 0 Å². The van der Waals surface area contributed by atoms with Gasteiger partial charge >= 0.3 is 0 Å². The molecule has 0 atom stereocenters. The van der Waals surface area contributed by atoms with E-state index < -0.39 is 0 Å². The van der Waals surface area contributed by atoms with Crippen LogP contribution in [0.1, 0.15) is 26.3 Å². The predicted molar refractivity (Wildman–Crippen MR) is 73.2 cm³/mol. The smallest absolute Gasteiger partial charge is 0.0642 e. The fourth-order valence-corrected chi connectivity index (χ4v) is 2.59. The zero-order valence-corrected chi connectivity index (χ0v) is 11.5. The molecular weight excluding hydrogens is 234 g/mol. The van der Waals surface area contributed by atoms with Crippen LogP contribution in [0.3, 0.4) is 0 Å². The van der Waals surface area contributed by atoms with Crippen LogP contribution in [0, 0.1) is 0 Å². The molecular formula is C14H20ClNO. The Morgan fingerprint density at radius 1 is 1.18 bits per heavy atom. The first-order valence-corrected chi connectivity index (χ1v) is 6.49. The van der Waals surface area contributed by atoms with Crippen molar-refractivity contribution < 1.29 is 4.74 Å². The van der Waals surface area contributed by atoms with E-state index in [-0.39, 0.29) is 5.41 Å². The highest BCUT2D eigenvalue weighted by Crippen LogP contribution is 2.32. The topological polar surface area (TPSA) is 12.5 Å². The average molecular weight is 254 g/mol. The van der Waals surface area contributed by atoms with E-state index in [1.165, 1.54) is 11.3 Å². The van der Waals surface area contributed by atoms with Gasteiger partial charge in [-0.2, -0.15) is 0 Å². The maximum atomic E-state index is 6.38. The van der Waals surface area contributed by atoms with Gasteiger partial charge in [0.25, 0.3) is 0 Å². The summed E-state index contributed by atoms with van der Waals surface area (Å²) in [4.78, 5) is 2.32. The molecule has 0 bridgehead atoms. The molecule has 0 aliphatic carbocycles. The minimum Gasteiger partial charge on any atom is -0.378 e. The first kappa shape index (κ1) is 12.7.